The van der Waals surface area contributed by atoms with E-state index in [1.807, 2.05) is 13.8 Å². The maximum atomic E-state index is 12.2. The molecule has 0 unspecified atom stereocenters. The van der Waals surface area contributed by atoms with E-state index in [4.69, 9.17) is 8.92 Å². The third-order valence-corrected chi connectivity index (χ3v) is 3.56. The number of rotatable bonds is 6. The molecule has 0 saturated carbocycles. The van der Waals surface area contributed by atoms with Crippen molar-refractivity contribution in [3.05, 3.63) is 23.8 Å². The van der Waals surface area contributed by atoms with E-state index >= 15 is 0 Å². The zero-order valence-electron chi connectivity index (χ0n) is 14.4. The summed E-state index contributed by atoms with van der Waals surface area (Å²) in [7, 11) is 1.13. The van der Waals surface area contributed by atoms with Crippen LogP contribution in [0.25, 0.3) is 0 Å². The summed E-state index contributed by atoms with van der Waals surface area (Å²) in [6.45, 7) is 4.16. The molecule has 8 heteroatoms. The molecule has 0 heterocycles. The van der Waals surface area contributed by atoms with E-state index in [-0.39, 0.29) is 17.8 Å². The minimum absolute atomic E-state index is 0.00808. The van der Waals surface area contributed by atoms with E-state index in [9.17, 15) is 13.2 Å². The third-order valence-electron chi connectivity index (χ3n) is 3.07. The molecule has 0 aliphatic heterocycles. The van der Waals surface area contributed by atoms with Crippen LogP contribution in [0.15, 0.2) is 18.2 Å². The summed E-state index contributed by atoms with van der Waals surface area (Å²) >= 11 is 0. The minimum Gasteiger partial charge on any atom is -0.493 e. The van der Waals surface area contributed by atoms with Gasteiger partial charge >= 0.3 is 16.1 Å². The van der Waals surface area contributed by atoms with Crippen LogP contribution in [0.1, 0.15) is 19.4 Å². The molecular weight excluding hydrogens is 320 g/mol. The highest BCUT2D eigenvalue weighted by atomic mass is 32.2. The largest absolute Gasteiger partial charge is 0.493 e. The van der Waals surface area contributed by atoms with Crippen LogP contribution in [-0.2, 0) is 16.7 Å². The molecule has 0 N–H and O–H groups in total. The van der Waals surface area contributed by atoms with Gasteiger partial charge in [-0.1, -0.05) is 6.07 Å². The van der Waals surface area contributed by atoms with Gasteiger partial charge in [-0.2, -0.15) is 8.42 Å². The molecule has 7 nitrogen and oxygen atoms in total. The summed E-state index contributed by atoms with van der Waals surface area (Å²) in [5.74, 6) is 0.419. The van der Waals surface area contributed by atoms with E-state index in [2.05, 4.69) is 0 Å². The molecule has 0 bridgehead atoms. The van der Waals surface area contributed by atoms with E-state index in [1.165, 1.54) is 12.0 Å². The first-order valence-electron chi connectivity index (χ1n) is 7.09. The second-order valence-electron chi connectivity index (χ2n) is 5.67. The van der Waals surface area contributed by atoms with Gasteiger partial charge in [-0.3, -0.25) is 0 Å². The SMILES string of the molecule is COc1ccc(CN(C(=O)N(C)C)C(C)C)cc1OS(C)(=O)=O. The van der Waals surface area contributed by atoms with Gasteiger partial charge in [-0.15, -0.1) is 0 Å². The normalized spacial score (nSPS) is 11.3. The van der Waals surface area contributed by atoms with E-state index in [0.29, 0.717) is 12.3 Å². The Morgan fingerprint density at radius 1 is 1.22 bits per heavy atom. The Hall–Kier alpha value is -1.96. The van der Waals surface area contributed by atoms with Gasteiger partial charge in [-0.25, -0.2) is 4.79 Å². The monoisotopic (exact) mass is 344 g/mol. The lowest BCUT2D eigenvalue weighted by molar-refractivity contribution is 0.153. The zero-order chi connectivity index (χ0) is 17.8. The Balaban J connectivity index is 3.12. The van der Waals surface area contributed by atoms with Crippen molar-refractivity contribution >= 4 is 16.1 Å². The summed E-state index contributed by atoms with van der Waals surface area (Å²) in [6, 6.07) is 4.83. The maximum Gasteiger partial charge on any atom is 0.320 e. The maximum absolute atomic E-state index is 12.2. The molecule has 0 atom stereocenters. The number of benzene rings is 1. The van der Waals surface area contributed by atoms with Crippen molar-refractivity contribution in [3.8, 4) is 11.5 Å². The topological polar surface area (TPSA) is 76.2 Å². The summed E-state index contributed by atoms with van der Waals surface area (Å²) < 4.78 is 32.8. The van der Waals surface area contributed by atoms with Gasteiger partial charge in [0.25, 0.3) is 0 Å². The van der Waals surface area contributed by atoms with Gasteiger partial charge in [0.1, 0.15) is 0 Å². The van der Waals surface area contributed by atoms with Crippen LogP contribution in [0, 0.1) is 0 Å². The number of carbonyl (C=O) groups is 1. The molecule has 0 radical (unpaired) electrons. The molecule has 0 aromatic heterocycles. The Kier molecular flexibility index (Phi) is 6.26. The van der Waals surface area contributed by atoms with Gasteiger partial charge in [0.2, 0.25) is 0 Å². The van der Waals surface area contributed by atoms with Crippen molar-refractivity contribution in [3.63, 3.8) is 0 Å². The van der Waals surface area contributed by atoms with Crippen LogP contribution in [0.2, 0.25) is 0 Å². The van der Waals surface area contributed by atoms with Crippen molar-refractivity contribution in [1.82, 2.24) is 9.80 Å². The van der Waals surface area contributed by atoms with Crippen LogP contribution in [0.3, 0.4) is 0 Å². The van der Waals surface area contributed by atoms with E-state index in [1.54, 1.807) is 37.2 Å². The first-order valence-corrected chi connectivity index (χ1v) is 8.91. The van der Waals surface area contributed by atoms with Gasteiger partial charge < -0.3 is 18.7 Å². The Bertz CT molecular complexity index is 656. The van der Waals surface area contributed by atoms with Crippen molar-refractivity contribution in [1.29, 1.82) is 0 Å². The van der Waals surface area contributed by atoms with Crippen LogP contribution < -0.4 is 8.92 Å². The van der Waals surface area contributed by atoms with Crippen molar-refractivity contribution in [2.75, 3.05) is 27.5 Å². The van der Waals surface area contributed by atoms with Crippen LogP contribution >= 0.6 is 0 Å². The van der Waals surface area contributed by atoms with Gasteiger partial charge in [0.05, 0.1) is 13.4 Å². The van der Waals surface area contributed by atoms with Gasteiger partial charge in [0.15, 0.2) is 11.5 Å². The average molecular weight is 344 g/mol. The standard InChI is InChI=1S/C15H24N2O5S/c1-11(2)17(15(18)16(3)4)10-12-7-8-13(21-5)14(9-12)22-23(6,19)20/h7-9,11H,10H2,1-6H3. The predicted molar refractivity (Wildman–Crippen MR) is 88.2 cm³/mol. The minimum atomic E-state index is -3.67. The molecule has 0 saturated heterocycles. The lowest BCUT2D eigenvalue weighted by Gasteiger charge is -2.29. The summed E-state index contributed by atoms with van der Waals surface area (Å²) in [6.07, 6.45) is 0.967. The fraction of sp³-hybridized carbons (Fsp3) is 0.533. The van der Waals surface area contributed by atoms with Crippen LogP contribution in [0.5, 0.6) is 11.5 Å². The molecule has 0 spiro atoms. The number of urea groups is 1. The number of hydrogen-bond donors (Lipinski definition) is 0. The Morgan fingerprint density at radius 2 is 1.83 bits per heavy atom. The molecule has 1 aromatic carbocycles. The predicted octanol–water partition coefficient (Wildman–Crippen LogP) is 1.93. The molecule has 0 aliphatic rings. The molecule has 0 fully saturated rings. The fourth-order valence-electron chi connectivity index (χ4n) is 1.97. The van der Waals surface area contributed by atoms with Gasteiger partial charge in [0, 0.05) is 26.7 Å². The number of carbonyl (C=O) groups excluding carboxylic acids is 1. The summed E-state index contributed by atoms with van der Waals surface area (Å²) in [4.78, 5) is 15.4. The molecule has 23 heavy (non-hydrogen) atoms. The highest BCUT2D eigenvalue weighted by molar-refractivity contribution is 7.86. The molecular formula is C15H24N2O5S. The first-order chi connectivity index (χ1) is 10.5. The van der Waals surface area contributed by atoms with Crippen LogP contribution in [0.4, 0.5) is 4.79 Å². The summed E-state index contributed by atoms with van der Waals surface area (Å²) in [5, 5.41) is 0. The number of nitrogens with zero attached hydrogens (tertiary/aromatic N) is 2. The second kappa shape index (κ2) is 7.54. The number of amides is 2. The van der Waals surface area contributed by atoms with Crippen molar-refractivity contribution in [2.24, 2.45) is 0 Å². The highest BCUT2D eigenvalue weighted by Gasteiger charge is 2.20. The van der Waals surface area contributed by atoms with Crippen molar-refractivity contribution < 1.29 is 22.1 Å². The Morgan fingerprint density at radius 3 is 2.26 bits per heavy atom. The average Bonchev–Trinajstić information content (AvgIpc) is 2.42. The lowest BCUT2D eigenvalue weighted by Crippen LogP contribution is -2.42. The smallest absolute Gasteiger partial charge is 0.320 e. The molecule has 1 rings (SSSR count). The van der Waals surface area contributed by atoms with Crippen molar-refractivity contribution in [2.45, 2.75) is 26.4 Å². The lowest BCUT2D eigenvalue weighted by atomic mass is 10.1. The quantitative estimate of drug-likeness (QED) is 0.737. The number of methoxy groups -OCH3 is 1. The molecule has 130 valence electrons. The number of ether oxygens (including phenoxy) is 1. The molecule has 0 aliphatic carbocycles. The van der Waals surface area contributed by atoms with Crippen LogP contribution in [-0.4, -0.2) is 57.8 Å². The summed E-state index contributed by atoms with van der Waals surface area (Å²) in [5.41, 5.74) is 0.744. The van der Waals surface area contributed by atoms with Gasteiger partial charge in [-0.05, 0) is 31.5 Å². The Labute approximate surface area is 137 Å². The first kappa shape index (κ1) is 19.1. The zero-order valence-corrected chi connectivity index (χ0v) is 15.2. The molecule has 1 aromatic rings. The second-order valence-corrected chi connectivity index (χ2v) is 7.25. The van der Waals surface area contributed by atoms with E-state index < -0.39 is 10.1 Å². The highest BCUT2D eigenvalue weighted by Crippen LogP contribution is 2.30. The third kappa shape index (κ3) is 5.63. The number of hydrogen-bond acceptors (Lipinski definition) is 5. The fourth-order valence-corrected chi connectivity index (χ4v) is 2.43. The molecule has 2 amide bonds. The van der Waals surface area contributed by atoms with E-state index in [0.717, 1.165) is 11.8 Å².